The van der Waals surface area contributed by atoms with Crippen LogP contribution < -0.4 is 4.74 Å². The summed E-state index contributed by atoms with van der Waals surface area (Å²) in [6.07, 6.45) is -2.24. The van der Waals surface area contributed by atoms with E-state index in [2.05, 4.69) is 9.97 Å². The van der Waals surface area contributed by atoms with E-state index in [0.29, 0.717) is 16.1 Å². The number of halogens is 1. The summed E-state index contributed by atoms with van der Waals surface area (Å²) in [5, 5.41) is 39.3. The lowest BCUT2D eigenvalue weighted by atomic mass is 9.83. The van der Waals surface area contributed by atoms with Gasteiger partial charge in [-0.1, -0.05) is 67.1 Å². The van der Waals surface area contributed by atoms with Crippen LogP contribution in [0.25, 0.3) is 33.3 Å². The van der Waals surface area contributed by atoms with E-state index in [0.717, 1.165) is 27.8 Å². The zero-order chi connectivity index (χ0) is 26.2. The van der Waals surface area contributed by atoms with Crippen molar-refractivity contribution >= 4 is 22.6 Å². The average Bonchev–Trinajstić information content (AvgIpc) is 3.49. The summed E-state index contributed by atoms with van der Waals surface area (Å²) in [6.45, 7) is 1.44. The highest BCUT2D eigenvalue weighted by Gasteiger charge is 2.37. The van der Waals surface area contributed by atoms with Gasteiger partial charge >= 0.3 is 0 Å². The van der Waals surface area contributed by atoms with E-state index >= 15 is 0 Å². The van der Waals surface area contributed by atoms with Gasteiger partial charge in [0, 0.05) is 11.0 Å². The molecular formula is C28H29ClN2O6. The summed E-state index contributed by atoms with van der Waals surface area (Å²) in [4.78, 5) is 7.57. The molecule has 1 saturated heterocycles. The molecule has 0 radical (unpaired) electrons. The van der Waals surface area contributed by atoms with Crippen LogP contribution in [-0.2, 0) is 10.2 Å². The summed E-state index contributed by atoms with van der Waals surface area (Å²) >= 11 is 6.61. The van der Waals surface area contributed by atoms with Crippen LogP contribution in [-0.4, -0.2) is 75.1 Å². The Morgan fingerprint density at radius 3 is 2.22 bits per heavy atom. The zero-order valence-electron chi connectivity index (χ0n) is 20.3. The lowest BCUT2D eigenvalue weighted by Crippen LogP contribution is -2.36. The van der Waals surface area contributed by atoms with Crippen molar-refractivity contribution in [1.29, 1.82) is 0 Å². The normalized spacial score (nSPS) is 20.0. The van der Waals surface area contributed by atoms with Crippen LogP contribution in [0.4, 0.5) is 0 Å². The van der Waals surface area contributed by atoms with Crippen LogP contribution in [0, 0.1) is 0 Å². The molecule has 0 spiro atoms. The molecule has 4 aromatic rings. The molecule has 37 heavy (non-hydrogen) atoms. The van der Waals surface area contributed by atoms with E-state index in [1.807, 2.05) is 61.5 Å². The van der Waals surface area contributed by atoms with Crippen LogP contribution >= 0.6 is 11.6 Å². The fraction of sp³-hybridized carbons (Fsp3) is 0.321. The number of aromatic amines is 1. The molecule has 1 aliphatic rings. The van der Waals surface area contributed by atoms with Crippen LogP contribution in [0.15, 0.2) is 60.7 Å². The Balaban J connectivity index is 1.36. The first-order valence-electron chi connectivity index (χ1n) is 12.0. The highest BCUT2D eigenvalue weighted by molar-refractivity contribution is 6.34. The van der Waals surface area contributed by atoms with Crippen molar-refractivity contribution in [3.8, 4) is 28.3 Å². The maximum absolute atomic E-state index is 10.2. The lowest BCUT2D eigenvalue weighted by molar-refractivity contribution is -0.00390. The molecule has 1 unspecified atom stereocenters. The summed E-state index contributed by atoms with van der Waals surface area (Å²) in [6, 6.07) is 19.7. The highest BCUT2D eigenvalue weighted by Crippen LogP contribution is 2.34. The number of nitrogens with zero attached hydrogens (tertiary/aromatic N) is 1. The molecule has 1 aliphatic heterocycles. The zero-order valence-corrected chi connectivity index (χ0v) is 21.0. The lowest BCUT2D eigenvalue weighted by Gasteiger charge is -2.25. The number of aliphatic hydroxyl groups excluding tert-OH is 4. The molecule has 0 saturated carbocycles. The largest absolute Gasteiger partial charge is 0.456 e. The molecule has 2 heterocycles. The van der Waals surface area contributed by atoms with E-state index in [4.69, 9.17) is 21.1 Å². The number of aliphatic hydroxyl groups is 4. The fourth-order valence-electron chi connectivity index (χ4n) is 4.49. The second-order valence-electron chi connectivity index (χ2n) is 9.62. The number of H-pyrrole nitrogens is 1. The standard InChI is InChI=1S/C28H29ClN2O6/c1-28(14-33,15-34)19-8-6-17(7-9-19)16-2-4-18(5-3-16)20-10-22-23(11-21(20)29)31-27(30-22)37-25-13-36-24(12-32)26(25)35/h2-11,24-26,32-35H,12-15H2,1H3,(H,30,31)/t24-,25?,26-/m1/s1. The molecular weight excluding hydrogens is 496 g/mol. The van der Waals surface area contributed by atoms with Crippen LogP contribution in [0.2, 0.25) is 5.02 Å². The van der Waals surface area contributed by atoms with Crippen LogP contribution in [0.3, 0.4) is 0 Å². The van der Waals surface area contributed by atoms with Gasteiger partial charge in [-0.15, -0.1) is 0 Å². The first-order chi connectivity index (χ1) is 17.8. The summed E-state index contributed by atoms with van der Waals surface area (Å²) in [7, 11) is 0. The molecule has 5 rings (SSSR count). The monoisotopic (exact) mass is 524 g/mol. The molecule has 8 nitrogen and oxygen atoms in total. The molecule has 0 amide bonds. The number of fused-ring (bicyclic) bond motifs is 1. The fourth-order valence-corrected chi connectivity index (χ4v) is 4.76. The van der Waals surface area contributed by atoms with Gasteiger partial charge in [0.15, 0.2) is 6.10 Å². The molecule has 9 heteroatoms. The van der Waals surface area contributed by atoms with Gasteiger partial charge in [-0.2, -0.15) is 4.98 Å². The summed E-state index contributed by atoms with van der Waals surface area (Å²) in [5.41, 5.74) is 5.35. The van der Waals surface area contributed by atoms with Gasteiger partial charge in [0.05, 0.1) is 42.5 Å². The number of hydrogen-bond donors (Lipinski definition) is 5. The van der Waals surface area contributed by atoms with E-state index in [9.17, 15) is 20.4 Å². The van der Waals surface area contributed by atoms with Gasteiger partial charge in [-0.05, 0) is 34.4 Å². The molecule has 194 valence electrons. The Hall–Kier alpha value is -2.98. The first-order valence-corrected chi connectivity index (χ1v) is 12.4. The molecule has 5 N–H and O–H groups in total. The number of rotatable bonds is 8. The molecule has 1 aromatic heterocycles. The number of hydrogen-bond acceptors (Lipinski definition) is 7. The van der Waals surface area contributed by atoms with Crippen molar-refractivity contribution in [2.24, 2.45) is 0 Å². The number of nitrogens with one attached hydrogen (secondary N) is 1. The number of imidazole rings is 1. The minimum atomic E-state index is -0.944. The topological polar surface area (TPSA) is 128 Å². The van der Waals surface area contributed by atoms with Crippen molar-refractivity contribution in [1.82, 2.24) is 9.97 Å². The van der Waals surface area contributed by atoms with Crippen LogP contribution in [0.1, 0.15) is 12.5 Å². The maximum Gasteiger partial charge on any atom is 0.295 e. The molecule has 3 aromatic carbocycles. The van der Waals surface area contributed by atoms with Gasteiger partial charge in [-0.3, -0.25) is 0 Å². The van der Waals surface area contributed by atoms with E-state index in [1.165, 1.54) is 0 Å². The Labute approximate surface area is 219 Å². The molecule has 0 aliphatic carbocycles. The van der Waals surface area contributed by atoms with Gasteiger partial charge in [0.1, 0.15) is 12.2 Å². The predicted octanol–water partition coefficient (Wildman–Crippen LogP) is 3.29. The van der Waals surface area contributed by atoms with Gasteiger partial charge in [0.2, 0.25) is 0 Å². The summed E-state index contributed by atoms with van der Waals surface area (Å²) in [5.74, 6) is 0. The molecule has 3 atom stereocenters. The number of benzene rings is 3. The number of ether oxygens (including phenoxy) is 2. The van der Waals surface area contributed by atoms with E-state index in [1.54, 1.807) is 6.07 Å². The minimum absolute atomic E-state index is 0.132. The van der Waals surface area contributed by atoms with Crippen molar-refractivity contribution in [2.45, 2.75) is 30.7 Å². The Kier molecular flexibility index (Phi) is 7.22. The third-order valence-electron chi connectivity index (χ3n) is 7.04. The minimum Gasteiger partial charge on any atom is -0.456 e. The van der Waals surface area contributed by atoms with Crippen molar-refractivity contribution in [3.05, 3.63) is 71.2 Å². The van der Waals surface area contributed by atoms with Crippen molar-refractivity contribution in [3.63, 3.8) is 0 Å². The van der Waals surface area contributed by atoms with Gasteiger partial charge in [0.25, 0.3) is 6.01 Å². The van der Waals surface area contributed by atoms with Gasteiger partial charge < -0.3 is 34.9 Å². The number of aromatic nitrogens is 2. The van der Waals surface area contributed by atoms with E-state index in [-0.39, 0.29) is 32.4 Å². The second-order valence-corrected chi connectivity index (χ2v) is 10.0. The summed E-state index contributed by atoms with van der Waals surface area (Å²) < 4.78 is 11.1. The predicted molar refractivity (Wildman–Crippen MR) is 141 cm³/mol. The Bertz CT molecular complexity index is 1370. The quantitative estimate of drug-likeness (QED) is 0.239. The smallest absolute Gasteiger partial charge is 0.295 e. The third-order valence-corrected chi connectivity index (χ3v) is 7.35. The third kappa shape index (κ3) is 4.96. The molecule has 0 bridgehead atoms. The van der Waals surface area contributed by atoms with Crippen LogP contribution in [0.5, 0.6) is 6.01 Å². The average molecular weight is 525 g/mol. The maximum atomic E-state index is 10.2. The Morgan fingerprint density at radius 2 is 1.62 bits per heavy atom. The SMILES string of the molecule is CC(CO)(CO)c1ccc(-c2ccc(-c3cc4nc(OC5CO[C@H](CO)[C@H]5O)[nH]c4cc3Cl)cc2)cc1. The van der Waals surface area contributed by atoms with Crippen molar-refractivity contribution in [2.75, 3.05) is 26.4 Å². The molecule has 1 fully saturated rings. The first kappa shape index (κ1) is 25.7. The van der Waals surface area contributed by atoms with Gasteiger partial charge in [-0.25, -0.2) is 0 Å². The second kappa shape index (κ2) is 10.4. The highest BCUT2D eigenvalue weighted by atomic mass is 35.5. The Morgan fingerprint density at radius 1 is 1.00 bits per heavy atom. The van der Waals surface area contributed by atoms with Crippen molar-refractivity contribution < 1.29 is 29.9 Å². The van der Waals surface area contributed by atoms with E-state index < -0.39 is 23.7 Å².